The molecule has 1 saturated heterocycles. The molecular weight excluding hydrogens is 142 g/mol. The number of carbonyl (C=O) groups is 1. The Bertz CT molecular complexity index is 97.9. The second kappa shape index (κ2) is 6.12. The lowest BCUT2D eigenvalue weighted by Crippen LogP contribution is -2.47. The van der Waals surface area contributed by atoms with Gasteiger partial charge < -0.3 is 16.0 Å². The molecule has 1 fully saturated rings. The number of primary amides is 1. The van der Waals surface area contributed by atoms with Gasteiger partial charge in [-0.2, -0.15) is 0 Å². The van der Waals surface area contributed by atoms with E-state index in [4.69, 9.17) is 4.79 Å². The van der Waals surface area contributed by atoms with E-state index >= 15 is 0 Å². The molecule has 66 valence electrons. The molecule has 1 heterocycles. The topological polar surface area (TPSA) is 58.4 Å². The average Bonchev–Trinajstić information content (AvgIpc) is 1.97. The van der Waals surface area contributed by atoms with E-state index in [1.165, 1.54) is 6.54 Å². The van der Waals surface area contributed by atoms with Gasteiger partial charge in [-0.05, 0) is 14.0 Å². The highest BCUT2D eigenvalue weighted by atomic mass is 16.1. The van der Waals surface area contributed by atoms with Crippen LogP contribution >= 0.6 is 0 Å². The van der Waals surface area contributed by atoms with Crippen LogP contribution in [0.25, 0.3) is 0 Å². The fraction of sp³-hybridized carbons (Fsp3) is 0.857. The van der Waals surface area contributed by atoms with Gasteiger partial charge in [0.2, 0.25) is 6.41 Å². The zero-order valence-electron chi connectivity index (χ0n) is 7.21. The molecule has 11 heavy (non-hydrogen) atoms. The van der Waals surface area contributed by atoms with Gasteiger partial charge in [0, 0.05) is 25.7 Å². The van der Waals surface area contributed by atoms with Crippen LogP contribution < -0.4 is 11.1 Å². The predicted octanol–water partition coefficient (Wildman–Crippen LogP) is -0.989. The lowest BCUT2D eigenvalue weighted by atomic mass is 10.2. The minimum absolute atomic E-state index is 0.250. The SMILES string of the molecule is CC1CNCCN1C.NC=O. The predicted molar refractivity (Wildman–Crippen MR) is 45.2 cm³/mol. The third kappa shape index (κ3) is 4.75. The van der Waals surface area contributed by atoms with Crippen molar-refractivity contribution in [1.82, 2.24) is 10.2 Å². The molecule has 0 aliphatic carbocycles. The highest BCUT2D eigenvalue weighted by molar-refractivity contribution is 5.42. The van der Waals surface area contributed by atoms with Crippen LogP contribution in [-0.2, 0) is 4.79 Å². The number of likely N-dealkylation sites (N-methyl/N-ethyl adjacent to an activating group) is 1. The molecule has 0 spiro atoms. The van der Waals surface area contributed by atoms with E-state index in [1.807, 2.05) is 0 Å². The Morgan fingerprint density at radius 1 is 1.73 bits per heavy atom. The van der Waals surface area contributed by atoms with Crippen molar-refractivity contribution in [1.29, 1.82) is 0 Å². The van der Waals surface area contributed by atoms with Gasteiger partial charge in [0.1, 0.15) is 0 Å². The maximum atomic E-state index is 8.58. The summed E-state index contributed by atoms with van der Waals surface area (Å²) in [6, 6.07) is 0.726. The molecule has 1 unspecified atom stereocenters. The second-order valence-corrected chi connectivity index (χ2v) is 2.67. The van der Waals surface area contributed by atoms with Crippen LogP contribution in [0.3, 0.4) is 0 Å². The van der Waals surface area contributed by atoms with Gasteiger partial charge in [-0.3, -0.25) is 4.79 Å². The van der Waals surface area contributed by atoms with Crippen LogP contribution in [0.15, 0.2) is 0 Å². The lowest BCUT2D eigenvalue weighted by molar-refractivity contribution is -0.106. The summed E-state index contributed by atoms with van der Waals surface area (Å²) in [5.41, 5.74) is 4.17. The van der Waals surface area contributed by atoms with E-state index < -0.39 is 0 Å². The Labute approximate surface area is 67.7 Å². The molecule has 1 amide bonds. The van der Waals surface area contributed by atoms with Crippen LogP contribution in [0.1, 0.15) is 6.92 Å². The van der Waals surface area contributed by atoms with Gasteiger partial charge in [-0.1, -0.05) is 0 Å². The van der Waals surface area contributed by atoms with Gasteiger partial charge in [0.15, 0.2) is 0 Å². The Morgan fingerprint density at radius 3 is 2.55 bits per heavy atom. The van der Waals surface area contributed by atoms with Crippen LogP contribution in [0.5, 0.6) is 0 Å². The van der Waals surface area contributed by atoms with Crippen molar-refractivity contribution in [3.8, 4) is 0 Å². The van der Waals surface area contributed by atoms with E-state index in [9.17, 15) is 0 Å². The molecule has 1 aliphatic rings. The summed E-state index contributed by atoms with van der Waals surface area (Å²) in [4.78, 5) is 11.0. The number of nitrogens with zero attached hydrogens (tertiary/aromatic N) is 1. The summed E-state index contributed by atoms with van der Waals surface area (Å²) in [5, 5.41) is 3.32. The van der Waals surface area contributed by atoms with E-state index in [1.54, 1.807) is 0 Å². The van der Waals surface area contributed by atoms with Gasteiger partial charge in [0.25, 0.3) is 0 Å². The van der Waals surface area contributed by atoms with Crippen molar-refractivity contribution < 1.29 is 4.79 Å². The van der Waals surface area contributed by atoms with E-state index in [0.29, 0.717) is 0 Å². The van der Waals surface area contributed by atoms with Crippen LogP contribution in [0.2, 0.25) is 0 Å². The van der Waals surface area contributed by atoms with Crippen molar-refractivity contribution >= 4 is 6.41 Å². The molecule has 0 aromatic carbocycles. The number of nitrogens with two attached hydrogens (primary N) is 1. The third-order valence-corrected chi connectivity index (χ3v) is 1.83. The Balaban J connectivity index is 0.000000292. The minimum atomic E-state index is 0.250. The van der Waals surface area contributed by atoms with E-state index in [-0.39, 0.29) is 6.41 Å². The monoisotopic (exact) mass is 159 g/mol. The summed E-state index contributed by atoms with van der Waals surface area (Å²) < 4.78 is 0. The third-order valence-electron chi connectivity index (χ3n) is 1.83. The van der Waals surface area contributed by atoms with Crippen LogP contribution in [-0.4, -0.2) is 44.0 Å². The lowest BCUT2D eigenvalue weighted by Gasteiger charge is -2.29. The quantitative estimate of drug-likeness (QED) is 0.446. The van der Waals surface area contributed by atoms with Crippen molar-refractivity contribution in [2.45, 2.75) is 13.0 Å². The van der Waals surface area contributed by atoms with Gasteiger partial charge in [0.05, 0.1) is 0 Å². The number of carbonyl (C=O) groups excluding carboxylic acids is 1. The Kier molecular flexibility index (Phi) is 5.78. The molecule has 1 atom stereocenters. The number of nitrogens with one attached hydrogen (secondary N) is 1. The highest BCUT2D eigenvalue weighted by Gasteiger charge is 2.11. The number of rotatable bonds is 0. The fourth-order valence-electron chi connectivity index (χ4n) is 0.943. The minimum Gasteiger partial charge on any atom is -0.372 e. The zero-order valence-corrected chi connectivity index (χ0v) is 7.21. The first-order chi connectivity index (χ1) is 5.22. The van der Waals surface area contributed by atoms with Gasteiger partial charge >= 0.3 is 0 Å². The van der Waals surface area contributed by atoms with Crippen molar-refractivity contribution in [2.75, 3.05) is 26.7 Å². The first-order valence-corrected chi connectivity index (χ1v) is 3.78. The first-order valence-electron chi connectivity index (χ1n) is 3.78. The van der Waals surface area contributed by atoms with Crippen LogP contribution in [0, 0.1) is 0 Å². The maximum absolute atomic E-state index is 8.58. The van der Waals surface area contributed by atoms with E-state index in [2.05, 4.69) is 29.9 Å². The summed E-state index contributed by atoms with van der Waals surface area (Å²) in [7, 11) is 2.17. The largest absolute Gasteiger partial charge is 0.372 e. The molecule has 0 saturated carbocycles. The normalized spacial score (nSPS) is 25.1. The molecule has 1 rings (SSSR count). The molecule has 1 aliphatic heterocycles. The molecule has 0 bridgehead atoms. The molecule has 0 aromatic heterocycles. The van der Waals surface area contributed by atoms with Gasteiger partial charge in [-0.15, -0.1) is 0 Å². The molecular formula is C7H17N3O. The first kappa shape index (κ1) is 10.4. The highest BCUT2D eigenvalue weighted by Crippen LogP contribution is 1.95. The summed E-state index contributed by atoms with van der Waals surface area (Å²) in [6.07, 6.45) is 0.250. The average molecular weight is 159 g/mol. The Morgan fingerprint density at radius 2 is 2.27 bits per heavy atom. The molecule has 4 nitrogen and oxygen atoms in total. The van der Waals surface area contributed by atoms with Gasteiger partial charge in [-0.25, -0.2) is 0 Å². The maximum Gasteiger partial charge on any atom is 0.204 e. The summed E-state index contributed by atoms with van der Waals surface area (Å²) in [5.74, 6) is 0. The zero-order chi connectivity index (χ0) is 8.69. The standard InChI is InChI=1S/C6H14N2.CH3NO/c1-6-5-7-3-4-8(6)2;2-1-3/h6-7H,3-5H2,1-2H3;1H,(H2,2,3). The van der Waals surface area contributed by atoms with E-state index in [0.717, 1.165) is 19.1 Å². The fourth-order valence-corrected chi connectivity index (χ4v) is 0.943. The Hall–Kier alpha value is -0.610. The number of hydrogen-bond donors (Lipinski definition) is 2. The summed E-state index contributed by atoms with van der Waals surface area (Å²) >= 11 is 0. The van der Waals surface area contributed by atoms with Crippen LogP contribution in [0.4, 0.5) is 0 Å². The number of piperazine rings is 1. The van der Waals surface area contributed by atoms with Crippen molar-refractivity contribution in [3.05, 3.63) is 0 Å². The molecule has 3 N–H and O–H groups in total. The number of hydrogen-bond acceptors (Lipinski definition) is 3. The smallest absolute Gasteiger partial charge is 0.204 e. The molecule has 4 heteroatoms. The number of amides is 1. The van der Waals surface area contributed by atoms with Crippen molar-refractivity contribution in [3.63, 3.8) is 0 Å². The second-order valence-electron chi connectivity index (χ2n) is 2.67. The molecule has 0 aromatic rings. The van der Waals surface area contributed by atoms with Crippen molar-refractivity contribution in [2.24, 2.45) is 5.73 Å². The molecule has 0 radical (unpaired) electrons. The summed E-state index contributed by atoms with van der Waals surface area (Å²) in [6.45, 7) is 5.74.